The molecule has 100 valence electrons. The lowest BCUT2D eigenvalue weighted by Gasteiger charge is -2.15. The molecule has 1 aliphatic rings. The predicted octanol–water partition coefficient (Wildman–Crippen LogP) is 4.64. The van der Waals surface area contributed by atoms with E-state index in [4.69, 9.17) is 11.6 Å². The number of anilines is 1. The summed E-state index contributed by atoms with van der Waals surface area (Å²) in [5.41, 5.74) is 0.947. The number of rotatable bonds is 3. The molecule has 0 spiro atoms. The minimum atomic E-state index is 0.537. The summed E-state index contributed by atoms with van der Waals surface area (Å²) in [6, 6.07) is 6.42. The molecular formula is C14H15BrClN3. The van der Waals surface area contributed by atoms with Crippen molar-refractivity contribution in [3.8, 4) is 5.69 Å². The second-order valence-corrected chi connectivity index (χ2v) is 6.17. The molecule has 0 bridgehead atoms. The number of halogens is 2. The fraction of sp³-hybridized carbons (Fsp3) is 0.357. The van der Waals surface area contributed by atoms with Gasteiger partial charge < -0.3 is 5.32 Å². The molecule has 0 amide bonds. The van der Waals surface area contributed by atoms with Gasteiger partial charge in [0, 0.05) is 22.9 Å². The summed E-state index contributed by atoms with van der Waals surface area (Å²) in [4.78, 5) is 4.40. The normalized spacial score (nSPS) is 15.9. The zero-order valence-corrected chi connectivity index (χ0v) is 12.8. The average Bonchev–Trinajstić information content (AvgIpc) is 3.02. The van der Waals surface area contributed by atoms with Gasteiger partial charge in [-0.05, 0) is 31.0 Å². The van der Waals surface area contributed by atoms with Crippen molar-refractivity contribution in [3.63, 3.8) is 0 Å². The van der Waals surface area contributed by atoms with Crippen molar-refractivity contribution in [1.29, 1.82) is 0 Å². The van der Waals surface area contributed by atoms with Crippen molar-refractivity contribution in [2.45, 2.75) is 31.7 Å². The first kappa shape index (κ1) is 13.0. The van der Waals surface area contributed by atoms with Crippen LogP contribution >= 0.6 is 27.5 Å². The van der Waals surface area contributed by atoms with Crippen LogP contribution in [0, 0.1) is 0 Å². The highest BCUT2D eigenvalue weighted by molar-refractivity contribution is 9.10. The van der Waals surface area contributed by atoms with Crippen LogP contribution in [0.1, 0.15) is 25.7 Å². The van der Waals surface area contributed by atoms with Crippen molar-refractivity contribution < 1.29 is 0 Å². The van der Waals surface area contributed by atoms with Gasteiger partial charge in [-0.2, -0.15) is 0 Å². The molecule has 0 unspecified atom stereocenters. The first-order chi connectivity index (χ1) is 9.24. The van der Waals surface area contributed by atoms with E-state index in [1.807, 2.05) is 29.0 Å². The monoisotopic (exact) mass is 339 g/mol. The molecule has 1 heterocycles. The molecule has 1 fully saturated rings. The number of benzene rings is 1. The molecule has 1 aliphatic carbocycles. The fourth-order valence-corrected chi connectivity index (χ4v) is 3.30. The second kappa shape index (κ2) is 5.55. The average molecular weight is 341 g/mol. The third kappa shape index (κ3) is 2.79. The molecular weight excluding hydrogens is 326 g/mol. The molecule has 3 nitrogen and oxygen atoms in total. The lowest BCUT2D eigenvalue weighted by atomic mass is 10.2. The van der Waals surface area contributed by atoms with Crippen LogP contribution in [0.15, 0.2) is 35.1 Å². The molecule has 0 atom stereocenters. The van der Waals surface area contributed by atoms with Crippen molar-refractivity contribution in [1.82, 2.24) is 9.55 Å². The molecule has 3 rings (SSSR count). The quantitative estimate of drug-likeness (QED) is 0.882. The van der Waals surface area contributed by atoms with Crippen LogP contribution < -0.4 is 5.32 Å². The van der Waals surface area contributed by atoms with Gasteiger partial charge in [-0.15, -0.1) is 0 Å². The maximum Gasteiger partial charge on any atom is 0.207 e. The predicted molar refractivity (Wildman–Crippen MR) is 82.2 cm³/mol. The third-order valence-corrected chi connectivity index (χ3v) is 4.29. The summed E-state index contributed by atoms with van der Waals surface area (Å²) in [6.45, 7) is 0. The van der Waals surface area contributed by atoms with Crippen molar-refractivity contribution in [3.05, 3.63) is 40.1 Å². The summed E-state index contributed by atoms with van der Waals surface area (Å²) in [5, 5.41) is 4.22. The van der Waals surface area contributed by atoms with E-state index in [9.17, 15) is 0 Å². The number of hydrogen-bond donors (Lipinski definition) is 1. The van der Waals surface area contributed by atoms with Crippen LogP contribution in [0.4, 0.5) is 5.95 Å². The van der Waals surface area contributed by atoms with Crippen LogP contribution in [0.2, 0.25) is 5.02 Å². The van der Waals surface area contributed by atoms with E-state index in [1.54, 1.807) is 6.20 Å². The Morgan fingerprint density at radius 3 is 2.84 bits per heavy atom. The van der Waals surface area contributed by atoms with Gasteiger partial charge in [0.1, 0.15) is 0 Å². The van der Waals surface area contributed by atoms with Crippen LogP contribution in [-0.4, -0.2) is 15.6 Å². The highest BCUT2D eigenvalue weighted by Crippen LogP contribution is 2.28. The molecule has 0 saturated heterocycles. The molecule has 1 aromatic heterocycles. The Kier molecular flexibility index (Phi) is 3.80. The molecule has 1 N–H and O–H groups in total. The first-order valence-electron chi connectivity index (χ1n) is 6.49. The highest BCUT2D eigenvalue weighted by Gasteiger charge is 2.17. The highest BCUT2D eigenvalue weighted by atomic mass is 79.9. The van der Waals surface area contributed by atoms with Crippen molar-refractivity contribution in [2.24, 2.45) is 0 Å². The lowest BCUT2D eigenvalue weighted by Crippen LogP contribution is -2.17. The third-order valence-electron chi connectivity index (χ3n) is 3.50. The van der Waals surface area contributed by atoms with Gasteiger partial charge in [-0.3, -0.25) is 4.57 Å². The van der Waals surface area contributed by atoms with E-state index in [0.29, 0.717) is 11.1 Å². The maximum absolute atomic E-state index is 6.30. The minimum Gasteiger partial charge on any atom is -0.353 e. The number of nitrogens with one attached hydrogen (secondary N) is 1. The van der Waals surface area contributed by atoms with Crippen LogP contribution in [0.3, 0.4) is 0 Å². The largest absolute Gasteiger partial charge is 0.353 e. The van der Waals surface area contributed by atoms with E-state index in [-0.39, 0.29) is 0 Å². The summed E-state index contributed by atoms with van der Waals surface area (Å²) in [7, 11) is 0. The first-order valence-corrected chi connectivity index (χ1v) is 7.66. The molecule has 2 aromatic rings. The zero-order chi connectivity index (χ0) is 13.2. The molecule has 5 heteroatoms. The van der Waals surface area contributed by atoms with Crippen LogP contribution in [0.5, 0.6) is 0 Å². The fourth-order valence-electron chi connectivity index (χ4n) is 2.53. The summed E-state index contributed by atoms with van der Waals surface area (Å²) in [5.74, 6) is 0.871. The smallest absolute Gasteiger partial charge is 0.207 e. The molecule has 0 aliphatic heterocycles. The number of hydrogen-bond acceptors (Lipinski definition) is 2. The Morgan fingerprint density at radius 1 is 1.32 bits per heavy atom. The van der Waals surface area contributed by atoms with Gasteiger partial charge in [-0.25, -0.2) is 4.98 Å². The van der Waals surface area contributed by atoms with Gasteiger partial charge in [0.15, 0.2) is 0 Å². The van der Waals surface area contributed by atoms with Gasteiger partial charge in [-0.1, -0.05) is 40.4 Å². The number of nitrogens with zero attached hydrogens (tertiary/aromatic N) is 2. The molecule has 19 heavy (non-hydrogen) atoms. The second-order valence-electron chi connectivity index (χ2n) is 4.84. The van der Waals surface area contributed by atoms with Gasteiger partial charge in [0.05, 0.1) is 10.7 Å². The Morgan fingerprint density at radius 2 is 2.11 bits per heavy atom. The minimum absolute atomic E-state index is 0.537. The molecule has 1 saturated carbocycles. The topological polar surface area (TPSA) is 29.9 Å². The number of imidazole rings is 1. The Labute approximate surface area is 126 Å². The van der Waals surface area contributed by atoms with Gasteiger partial charge >= 0.3 is 0 Å². The van der Waals surface area contributed by atoms with E-state index in [2.05, 4.69) is 26.2 Å². The maximum atomic E-state index is 6.30. The van der Waals surface area contributed by atoms with Crippen molar-refractivity contribution in [2.75, 3.05) is 5.32 Å². The lowest BCUT2D eigenvalue weighted by molar-refractivity contribution is 0.740. The summed E-state index contributed by atoms with van der Waals surface area (Å²) in [6.07, 6.45) is 8.79. The zero-order valence-electron chi connectivity index (χ0n) is 10.4. The standard InChI is InChI=1S/C14H15BrClN3/c15-10-5-6-13(12(16)9-10)19-8-7-17-14(19)18-11-3-1-2-4-11/h5-9,11H,1-4H2,(H,17,18). The van der Waals surface area contributed by atoms with E-state index >= 15 is 0 Å². The Balaban J connectivity index is 1.90. The summed E-state index contributed by atoms with van der Waals surface area (Å²) < 4.78 is 2.99. The van der Waals surface area contributed by atoms with Gasteiger partial charge in [0.2, 0.25) is 5.95 Å². The SMILES string of the molecule is Clc1cc(Br)ccc1-n1ccnc1NC1CCCC1. The molecule has 1 aromatic carbocycles. The van der Waals surface area contributed by atoms with Gasteiger partial charge in [0.25, 0.3) is 0 Å². The van der Waals surface area contributed by atoms with Crippen LogP contribution in [-0.2, 0) is 0 Å². The Bertz CT molecular complexity index is 576. The van der Waals surface area contributed by atoms with E-state index in [0.717, 1.165) is 16.1 Å². The summed E-state index contributed by atoms with van der Waals surface area (Å²) >= 11 is 9.73. The number of aromatic nitrogens is 2. The van der Waals surface area contributed by atoms with Crippen molar-refractivity contribution >= 4 is 33.5 Å². The van der Waals surface area contributed by atoms with E-state index in [1.165, 1.54) is 25.7 Å². The Hall–Kier alpha value is -1.00. The van der Waals surface area contributed by atoms with Crippen LogP contribution in [0.25, 0.3) is 5.69 Å². The molecule has 0 radical (unpaired) electrons. The van der Waals surface area contributed by atoms with E-state index < -0.39 is 0 Å².